The Morgan fingerprint density at radius 3 is 2.71 bits per heavy atom. The second-order valence-electron chi connectivity index (χ2n) is 3.80. The molecule has 0 saturated heterocycles. The number of pyridine rings is 1. The molecule has 2 heterocycles. The molecule has 0 unspecified atom stereocenters. The number of aromatic nitrogens is 1. The van der Waals surface area contributed by atoms with E-state index in [-0.39, 0.29) is 12.6 Å². The molecule has 1 aromatic heterocycles. The smallest absolute Gasteiger partial charge is 0.340 e. The number of carbonyl (C=O) groups excluding carboxylic acids is 1. The number of cyclic esters (lactones) is 1. The van der Waals surface area contributed by atoms with E-state index in [1.54, 1.807) is 12.3 Å². The van der Waals surface area contributed by atoms with Crippen molar-refractivity contribution >= 4 is 17.6 Å². The van der Waals surface area contributed by atoms with Gasteiger partial charge in [-0.3, -0.25) is 4.98 Å². The molecule has 2 aromatic rings. The maximum absolute atomic E-state index is 11.4. The minimum atomic E-state index is -0.302. The van der Waals surface area contributed by atoms with Crippen molar-refractivity contribution in [2.75, 3.05) is 0 Å². The molecule has 0 bridgehead atoms. The third-order valence-corrected chi connectivity index (χ3v) is 2.96. The lowest BCUT2D eigenvalue weighted by molar-refractivity contribution is 0.0533. The van der Waals surface area contributed by atoms with Crippen molar-refractivity contribution in [3.63, 3.8) is 0 Å². The van der Waals surface area contributed by atoms with Crippen LogP contribution >= 0.6 is 11.6 Å². The summed E-state index contributed by atoms with van der Waals surface area (Å²) in [4.78, 5) is 15.6. The van der Waals surface area contributed by atoms with Gasteiger partial charge in [-0.1, -0.05) is 23.7 Å². The van der Waals surface area contributed by atoms with E-state index in [0.29, 0.717) is 16.3 Å². The highest BCUT2D eigenvalue weighted by Gasteiger charge is 2.22. The number of esters is 1. The van der Waals surface area contributed by atoms with Gasteiger partial charge in [-0.25, -0.2) is 4.79 Å². The van der Waals surface area contributed by atoms with E-state index in [0.717, 1.165) is 11.1 Å². The van der Waals surface area contributed by atoms with Gasteiger partial charge in [0.2, 0.25) is 0 Å². The molecule has 3 nitrogen and oxygen atoms in total. The fraction of sp³-hybridized carbons (Fsp3) is 0.0769. The molecule has 4 heteroatoms. The first-order valence-electron chi connectivity index (χ1n) is 5.16. The Balaban J connectivity index is 2.08. The summed E-state index contributed by atoms with van der Waals surface area (Å²) in [5.41, 5.74) is 3.12. The van der Waals surface area contributed by atoms with Crippen LogP contribution in [0.2, 0.25) is 5.02 Å². The predicted octanol–water partition coefficient (Wildman–Crippen LogP) is 3.07. The monoisotopic (exact) mass is 245 g/mol. The molecule has 0 fully saturated rings. The van der Waals surface area contributed by atoms with E-state index in [9.17, 15) is 4.79 Å². The van der Waals surface area contributed by atoms with Crippen LogP contribution in [0.3, 0.4) is 0 Å². The average molecular weight is 246 g/mol. The molecule has 0 atom stereocenters. The molecule has 1 aliphatic rings. The van der Waals surface area contributed by atoms with Crippen LogP contribution in [-0.4, -0.2) is 11.0 Å². The van der Waals surface area contributed by atoms with Crippen molar-refractivity contribution in [3.05, 3.63) is 52.8 Å². The third-order valence-electron chi connectivity index (χ3n) is 2.71. The summed E-state index contributed by atoms with van der Waals surface area (Å²) in [5, 5.41) is 0.683. The topological polar surface area (TPSA) is 39.2 Å². The van der Waals surface area contributed by atoms with E-state index in [2.05, 4.69) is 4.98 Å². The molecule has 3 rings (SSSR count). The number of fused-ring (bicyclic) bond motifs is 1. The van der Waals surface area contributed by atoms with Crippen LogP contribution in [0, 0.1) is 0 Å². The number of rotatable bonds is 1. The van der Waals surface area contributed by atoms with Gasteiger partial charge >= 0.3 is 5.97 Å². The standard InChI is InChI=1S/C13H8ClNO2/c14-10-3-1-8(2-4-10)9-5-11-12(15-6-9)7-17-13(11)16/h1-6H,7H2. The van der Waals surface area contributed by atoms with Gasteiger partial charge < -0.3 is 4.74 Å². The van der Waals surface area contributed by atoms with Crippen LogP contribution in [0.4, 0.5) is 0 Å². The van der Waals surface area contributed by atoms with Gasteiger partial charge in [0.25, 0.3) is 0 Å². The van der Waals surface area contributed by atoms with E-state index in [1.165, 1.54) is 0 Å². The van der Waals surface area contributed by atoms with Crippen molar-refractivity contribution in [2.24, 2.45) is 0 Å². The lowest BCUT2D eigenvalue weighted by Gasteiger charge is -2.02. The van der Waals surface area contributed by atoms with Gasteiger partial charge in [0, 0.05) is 16.8 Å². The molecule has 84 valence electrons. The summed E-state index contributed by atoms with van der Waals surface area (Å²) >= 11 is 5.83. The highest BCUT2D eigenvalue weighted by atomic mass is 35.5. The summed E-state index contributed by atoms with van der Waals surface area (Å²) in [6, 6.07) is 9.21. The molecule has 0 saturated carbocycles. The van der Waals surface area contributed by atoms with Crippen LogP contribution < -0.4 is 0 Å². The number of halogens is 1. The zero-order valence-corrected chi connectivity index (χ0v) is 9.57. The van der Waals surface area contributed by atoms with Gasteiger partial charge in [0.15, 0.2) is 0 Å². The number of benzene rings is 1. The molecular weight excluding hydrogens is 238 g/mol. The Morgan fingerprint density at radius 1 is 1.18 bits per heavy atom. The summed E-state index contributed by atoms with van der Waals surface area (Å²) in [7, 11) is 0. The van der Waals surface area contributed by atoms with Gasteiger partial charge in [-0.2, -0.15) is 0 Å². The lowest BCUT2D eigenvalue weighted by Crippen LogP contribution is -1.95. The fourth-order valence-electron chi connectivity index (χ4n) is 1.80. The van der Waals surface area contributed by atoms with Crippen LogP contribution in [-0.2, 0) is 11.3 Å². The summed E-state index contributed by atoms with van der Waals surface area (Å²) in [6.45, 7) is 0.273. The molecule has 0 amide bonds. The second kappa shape index (κ2) is 3.86. The number of ether oxygens (including phenoxy) is 1. The quantitative estimate of drug-likeness (QED) is 0.725. The van der Waals surface area contributed by atoms with Crippen LogP contribution in [0.1, 0.15) is 16.1 Å². The molecule has 1 aromatic carbocycles. The Kier molecular flexibility index (Phi) is 2.34. The first-order valence-corrected chi connectivity index (χ1v) is 5.54. The molecule has 0 aliphatic carbocycles. The zero-order valence-electron chi connectivity index (χ0n) is 8.81. The highest BCUT2D eigenvalue weighted by Crippen LogP contribution is 2.25. The van der Waals surface area contributed by atoms with Gasteiger partial charge in [-0.05, 0) is 23.8 Å². The van der Waals surface area contributed by atoms with E-state index in [4.69, 9.17) is 16.3 Å². The van der Waals surface area contributed by atoms with Gasteiger partial charge in [-0.15, -0.1) is 0 Å². The second-order valence-corrected chi connectivity index (χ2v) is 4.24. The third kappa shape index (κ3) is 1.78. The van der Waals surface area contributed by atoms with E-state index < -0.39 is 0 Å². The number of hydrogen-bond acceptors (Lipinski definition) is 3. The highest BCUT2D eigenvalue weighted by molar-refractivity contribution is 6.30. The number of nitrogens with zero attached hydrogens (tertiary/aromatic N) is 1. The fourth-order valence-corrected chi connectivity index (χ4v) is 1.92. The first-order chi connectivity index (χ1) is 8.24. The number of carbonyl (C=O) groups is 1. The average Bonchev–Trinajstić information content (AvgIpc) is 2.72. The molecule has 1 aliphatic heterocycles. The maximum atomic E-state index is 11.4. The maximum Gasteiger partial charge on any atom is 0.340 e. The lowest BCUT2D eigenvalue weighted by atomic mass is 10.1. The van der Waals surface area contributed by atoms with Crippen molar-refractivity contribution < 1.29 is 9.53 Å². The van der Waals surface area contributed by atoms with Gasteiger partial charge in [0.1, 0.15) is 6.61 Å². The van der Waals surface area contributed by atoms with Crippen LogP contribution in [0.15, 0.2) is 36.5 Å². The van der Waals surface area contributed by atoms with Crippen molar-refractivity contribution in [1.82, 2.24) is 4.98 Å². The Hall–Kier alpha value is -1.87. The summed E-state index contributed by atoms with van der Waals surface area (Å²) in [5.74, 6) is -0.302. The van der Waals surface area contributed by atoms with E-state index >= 15 is 0 Å². The minimum Gasteiger partial charge on any atom is -0.456 e. The minimum absolute atomic E-state index is 0.273. The SMILES string of the molecule is O=C1OCc2ncc(-c3ccc(Cl)cc3)cc21. The van der Waals surface area contributed by atoms with Crippen molar-refractivity contribution in [2.45, 2.75) is 6.61 Å². The number of hydrogen-bond donors (Lipinski definition) is 0. The molecular formula is C13H8ClNO2. The predicted molar refractivity (Wildman–Crippen MR) is 63.8 cm³/mol. The van der Waals surface area contributed by atoms with Crippen LogP contribution in [0.25, 0.3) is 11.1 Å². The molecule has 0 radical (unpaired) electrons. The zero-order chi connectivity index (χ0) is 11.8. The molecule has 17 heavy (non-hydrogen) atoms. The van der Waals surface area contributed by atoms with Crippen LogP contribution in [0.5, 0.6) is 0 Å². The molecule has 0 N–H and O–H groups in total. The van der Waals surface area contributed by atoms with Crippen molar-refractivity contribution in [1.29, 1.82) is 0 Å². The summed E-state index contributed by atoms with van der Waals surface area (Å²) < 4.78 is 4.91. The van der Waals surface area contributed by atoms with Gasteiger partial charge in [0.05, 0.1) is 11.3 Å². The first kappa shape index (κ1) is 10.3. The summed E-state index contributed by atoms with van der Waals surface area (Å²) in [6.07, 6.45) is 1.74. The Morgan fingerprint density at radius 2 is 1.94 bits per heavy atom. The molecule has 0 spiro atoms. The normalized spacial score (nSPS) is 13.4. The Bertz CT molecular complexity index is 593. The largest absolute Gasteiger partial charge is 0.456 e. The van der Waals surface area contributed by atoms with E-state index in [1.807, 2.05) is 24.3 Å². The van der Waals surface area contributed by atoms with Crippen molar-refractivity contribution in [3.8, 4) is 11.1 Å². The Labute approximate surface area is 103 Å².